The van der Waals surface area contributed by atoms with E-state index in [1.165, 1.54) is 7.11 Å². The lowest BCUT2D eigenvalue weighted by atomic mass is 9.54. The van der Waals surface area contributed by atoms with Crippen LogP contribution in [0, 0.1) is 10.1 Å². The van der Waals surface area contributed by atoms with Crippen molar-refractivity contribution in [3.05, 3.63) is 106 Å². The molecule has 5 rings (SSSR count). The molecular weight excluding hydrogens is 512 g/mol. The third-order valence-corrected chi connectivity index (χ3v) is 7.92. The van der Waals surface area contributed by atoms with Gasteiger partial charge in [-0.15, -0.1) is 0 Å². The first-order chi connectivity index (χ1) is 19.0. The van der Waals surface area contributed by atoms with Crippen molar-refractivity contribution in [3.8, 4) is 5.75 Å². The van der Waals surface area contributed by atoms with E-state index in [0.717, 1.165) is 4.90 Å². The number of anilines is 1. The molecule has 2 aliphatic rings. The van der Waals surface area contributed by atoms with E-state index in [1.54, 1.807) is 93.6 Å². The maximum absolute atomic E-state index is 14.7. The average Bonchev–Trinajstić information content (AvgIpc) is 3.18. The van der Waals surface area contributed by atoms with Crippen molar-refractivity contribution < 1.29 is 29.1 Å². The summed E-state index contributed by atoms with van der Waals surface area (Å²) in [5, 5.41) is 25.1. The molecule has 208 valence electrons. The van der Waals surface area contributed by atoms with Gasteiger partial charge in [0, 0.05) is 10.5 Å². The topological polar surface area (TPSA) is 119 Å². The van der Waals surface area contributed by atoms with E-state index in [0.29, 0.717) is 22.4 Å². The molecule has 0 unspecified atom stereocenters. The first kappa shape index (κ1) is 27.3. The molecule has 3 aromatic carbocycles. The fraction of sp³-hybridized carbons (Fsp3) is 0.355. The fourth-order valence-electron chi connectivity index (χ4n) is 6.47. The minimum atomic E-state index is -1.86. The van der Waals surface area contributed by atoms with E-state index in [1.807, 2.05) is 6.07 Å². The third-order valence-electron chi connectivity index (χ3n) is 7.92. The van der Waals surface area contributed by atoms with Crippen molar-refractivity contribution in [1.29, 1.82) is 0 Å². The van der Waals surface area contributed by atoms with Gasteiger partial charge in [0.25, 0.3) is 5.91 Å². The molecule has 1 N–H and O–H groups in total. The molecule has 1 spiro atoms. The summed E-state index contributed by atoms with van der Waals surface area (Å²) in [6, 6.07) is 21.1. The Balaban J connectivity index is 1.81. The number of aliphatic hydroxyl groups is 1. The van der Waals surface area contributed by atoms with Crippen LogP contribution in [-0.2, 0) is 14.9 Å². The maximum Gasteiger partial charge on any atom is 0.421 e. The van der Waals surface area contributed by atoms with Crippen LogP contribution in [0.15, 0.2) is 78.9 Å². The highest BCUT2D eigenvalue weighted by Crippen LogP contribution is 2.60. The van der Waals surface area contributed by atoms with Gasteiger partial charge in [0.2, 0.25) is 6.04 Å². The zero-order chi connectivity index (χ0) is 28.8. The van der Waals surface area contributed by atoms with Crippen molar-refractivity contribution >= 4 is 17.7 Å². The lowest BCUT2D eigenvalue weighted by Gasteiger charge is -2.48. The molecule has 3 aromatic rings. The summed E-state index contributed by atoms with van der Waals surface area (Å²) >= 11 is 0. The number of carbonyl (C=O) groups is 2. The molecule has 40 heavy (non-hydrogen) atoms. The zero-order valence-electron chi connectivity index (χ0n) is 22.8. The van der Waals surface area contributed by atoms with Crippen LogP contribution < -0.4 is 9.64 Å². The first-order valence-electron chi connectivity index (χ1n) is 13.2. The van der Waals surface area contributed by atoms with Crippen molar-refractivity contribution in [2.45, 2.75) is 62.2 Å². The number of aliphatic hydroxyl groups excluding tert-OH is 1. The zero-order valence-corrected chi connectivity index (χ0v) is 22.8. The first-order valence-corrected chi connectivity index (χ1v) is 13.2. The molecule has 0 bridgehead atoms. The van der Waals surface area contributed by atoms with Gasteiger partial charge in [-0.1, -0.05) is 66.7 Å². The molecule has 1 fully saturated rings. The molecule has 0 aromatic heterocycles. The van der Waals surface area contributed by atoms with Crippen molar-refractivity contribution in [1.82, 2.24) is 0 Å². The quantitative estimate of drug-likeness (QED) is 0.354. The number of carbonyl (C=O) groups excluding carboxylic acids is 2. The van der Waals surface area contributed by atoms with Gasteiger partial charge in [0.15, 0.2) is 0 Å². The van der Waals surface area contributed by atoms with Gasteiger partial charge in [0.05, 0.1) is 30.7 Å². The minimum absolute atomic E-state index is 0.0659. The van der Waals surface area contributed by atoms with Crippen LogP contribution >= 0.6 is 0 Å². The number of imide groups is 1. The summed E-state index contributed by atoms with van der Waals surface area (Å²) < 4.78 is 11.2. The molecule has 9 nitrogen and oxygen atoms in total. The van der Waals surface area contributed by atoms with E-state index in [9.17, 15) is 24.8 Å². The van der Waals surface area contributed by atoms with Crippen LogP contribution in [0.1, 0.15) is 55.7 Å². The Hall–Kier alpha value is -4.24. The van der Waals surface area contributed by atoms with Crippen LogP contribution in [0.4, 0.5) is 10.5 Å². The number of amides is 2. The number of methoxy groups -OCH3 is 1. The van der Waals surface area contributed by atoms with E-state index >= 15 is 0 Å². The van der Waals surface area contributed by atoms with Crippen LogP contribution in [0.2, 0.25) is 0 Å². The third kappa shape index (κ3) is 4.21. The van der Waals surface area contributed by atoms with Gasteiger partial charge < -0.3 is 14.6 Å². The van der Waals surface area contributed by atoms with E-state index in [2.05, 4.69) is 0 Å². The van der Waals surface area contributed by atoms with E-state index < -0.39 is 47.0 Å². The van der Waals surface area contributed by atoms with Gasteiger partial charge in [-0.2, -0.15) is 0 Å². The monoisotopic (exact) mass is 544 g/mol. The smallest absolute Gasteiger partial charge is 0.421 e. The highest BCUT2D eigenvalue weighted by molar-refractivity contribution is 6.22. The highest BCUT2D eigenvalue weighted by Gasteiger charge is 2.70. The minimum Gasteiger partial charge on any atom is -0.496 e. The van der Waals surface area contributed by atoms with Gasteiger partial charge in [-0.05, 0) is 50.5 Å². The van der Waals surface area contributed by atoms with E-state index in [4.69, 9.17) is 9.47 Å². The largest absolute Gasteiger partial charge is 0.496 e. The number of para-hydroxylation sites is 2. The second kappa shape index (κ2) is 10.1. The molecule has 1 heterocycles. The number of ether oxygens (including phenoxy) is 2. The molecule has 1 saturated carbocycles. The Morgan fingerprint density at radius 2 is 1.65 bits per heavy atom. The standard InChI is InChI=1S/C31H32N2O7/c1-30(2,3)40-29(36)32-23-16-10-9-15-22(23)31(28(32)35)25(34)18-21(19-12-6-5-7-13-19)27(33(37)38)26(31)20-14-8-11-17-24(20)39-4/h5-17,21,25-27,34H,18H2,1-4H3/t21-,25-,26-,27-,31-/m0/s1. The normalized spacial score (nSPS) is 25.9. The Morgan fingerprint density at radius 1 is 1.02 bits per heavy atom. The predicted octanol–water partition coefficient (Wildman–Crippen LogP) is 5.19. The summed E-state index contributed by atoms with van der Waals surface area (Å²) in [5.74, 6) is -2.32. The molecule has 1 aliphatic carbocycles. The lowest BCUT2D eigenvalue weighted by Crippen LogP contribution is -2.62. The Morgan fingerprint density at radius 3 is 2.30 bits per heavy atom. The van der Waals surface area contributed by atoms with E-state index in [-0.39, 0.29) is 17.0 Å². The Labute approximate surface area is 232 Å². The number of rotatable bonds is 4. The maximum atomic E-state index is 14.7. The molecule has 2 amide bonds. The predicted molar refractivity (Wildman–Crippen MR) is 148 cm³/mol. The van der Waals surface area contributed by atoms with Crippen molar-refractivity contribution in [2.75, 3.05) is 12.0 Å². The average molecular weight is 545 g/mol. The number of benzene rings is 3. The molecule has 1 aliphatic heterocycles. The van der Waals surface area contributed by atoms with Crippen LogP contribution in [0.5, 0.6) is 5.75 Å². The summed E-state index contributed by atoms with van der Waals surface area (Å²) in [4.78, 5) is 41.8. The second-order valence-electron chi connectivity index (χ2n) is 11.3. The van der Waals surface area contributed by atoms with Crippen molar-refractivity contribution in [3.63, 3.8) is 0 Å². The van der Waals surface area contributed by atoms with Gasteiger partial charge in [0.1, 0.15) is 16.8 Å². The number of hydrogen-bond donors (Lipinski definition) is 1. The van der Waals surface area contributed by atoms with Crippen LogP contribution in [0.25, 0.3) is 0 Å². The number of hydrogen-bond acceptors (Lipinski definition) is 7. The fourth-order valence-corrected chi connectivity index (χ4v) is 6.47. The molecule has 0 saturated heterocycles. The Bertz CT molecular complexity index is 1450. The SMILES string of the molecule is COc1ccccc1[C@H]1[C@@H]([N+](=O)[O-])[C@H](c2ccccc2)C[C@H](O)[C@]12C(=O)N(C(=O)OC(C)(C)C)c1ccccc12. The summed E-state index contributed by atoms with van der Waals surface area (Å²) in [7, 11) is 1.46. The molecule has 9 heteroatoms. The summed E-state index contributed by atoms with van der Waals surface area (Å²) in [5.41, 5.74) is -1.10. The van der Waals surface area contributed by atoms with Gasteiger partial charge in [-0.25, -0.2) is 9.69 Å². The summed E-state index contributed by atoms with van der Waals surface area (Å²) in [6.45, 7) is 5.06. The molecule has 0 radical (unpaired) electrons. The van der Waals surface area contributed by atoms with Crippen molar-refractivity contribution in [2.24, 2.45) is 0 Å². The van der Waals surface area contributed by atoms with Crippen LogP contribution in [-0.4, -0.2) is 46.9 Å². The van der Waals surface area contributed by atoms with Crippen LogP contribution in [0.3, 0.4) is 0 Å². The number of nitro groups is 1. The molecular formula is C31H32N2O7. The second-order valence-corrected chi connectivity index (χ2v) is 11.3. The van der Waals surface area contributed by atoms with Gasteiger partial charge in [-0.3, -0.25) is 14.9 Å². The summed E-state index contributed by atoms with van der Waals surface area (Å²) in [6.07, 6.45) is -2.34. The number of fused-ring (bicyclic) bond motifs is 2. The number of nitrogens with zero attached hydrogens (tertiary/aromatic N) is 2. The van der Waals surface area contributed by atoms with Gasteiger partial charge >= 0.3 is 6.09 Å². The lowest BCUT2D eigenvalue weighted by molar-refractivity contribution is -0.537. The Kier molecular flexibility index (Phi) is 6.87. The molecule has 5 atom stereocenters. The highest BCUT2D eigenvalue weighted by atomic mass is 16.6.